The fraction of sp³-hybridized carbons (Fsp3) is 0.333. The van der Waals surface area contributed by atoms with Crippen LogP contribution in [-0.2, 0) is 4.79 Å². The lowest BCUT2D eigenvalue weighted by Gasteiger charge is -2.11. The molecule has 1 aliphatic rings. The highest BCUT2D eigenvalue weighted by atomic mass is 16.2. The third-order valence-electron chi connectivity index (χ3n) is 2.16. The van der Waals surface area contributed by atoms with Crippen LogP contribution >= 0.6 is 0 Å². The molecule has 0 bridgehead atoms. The van der Waals surface area contributed by atoms with E-state index in [1.165, 1.54) is 0 Å². The van der Waals surface area contributed by atoms with E-state index in [9.17, 15) is 4.79 Å². The van der Waals surface area contributed by atoms with Crippen LogP contribution in [0.3, 0.4) is 0 Å². The maximum absolute atomic E-state index is 11.4. The van der Waals surface area contributed by atoms with E-state index in [1.807, 2.05) is 0 Å². The molecule has 1 aliphatic heterocycles. The molecule has 0 spiro atoms. The molecule has 1 atom stereocenters. The van der Waals surface area contributed by atoms with Gasteiger partial charge in [0, 0.05) is 25.1 Å². The first-order valence-corrected chi connectivity index (χ1v) is 4.06. The lowest BCUT2D eigenvalue weighted by molar-refractivity contribution is -0.117. The Bertz CT molecular complexity index is 349. The van der Waals surface area contributed by atoms with Gasteiger partial charge in [-0.05, 0) is 0 Å². The van der Waals surface area contributed by atoms with Gasteiger partial charge in [0.1, 0.15) is 0 Å². The normalized spacial score (nSPS) is 21.9. The molecule has 1 N–H and O–H groups in total. The molecule has 2 rings (SSSR count). The number of rotatable bonds is 1. The van der Waals surface area contributed by atoms with E-state index in [0.29, 0.717) is 13.0 Å². The molecule has 4 nitrogen and oxygen atoms in total. The summed E-state index contributed by atoms with van der Waals surface area (Å²) in [5.74, 6) is 2.71. The topological polar surface area (TPSA) is 49.0 Å². The lowest BCUT2D eigenvalue weighted by Crippen LogP contribution is -2.23. The number of H-pyrrole nitrogens is 1. The van der Waals surface area contributed by atoms with Gasteiger partial charge in [0.2, 0.25) is 5.91 Å². The van der Waals surface area contributed by atoms with E-state index in [4.69, 9.17) is 6.42 Å². The Morgan fingerprint density at radius 2 is 2.62 bits per heavy atom. The average Bonchev–Trinajstić information content (AvgIpc) is 2.72. The van der Waals surface area contributed by atoms with Crippen molar-refractivity contribution in [2.75, 3.05) is 11.4 Å². The lowest BCUT2D eigenvalue weighted by atomic mass is 10.1. The van der Waals surface area contributed by atoms with Crippen molar-refractivity contribution < 1.29 is 4.79 Å². The zero-order valence-corrected chi connectivity index (χ0v) is 7.03. The molecule has 0 saturated carbocycles. The van der Waals surface area contributed by atoms with Gasteiger partial charge in [-0.3, -0.25) is 9.89 Å². The van der Waals surface area contributed by atoms with Crippen molar-refractivity contribution in [2.45, 2.75) is 6.42 Å². The summed E-state index contributed by atoms with van der Waals surface area (Å²) in [5.41, 5.74) is 0.794. The van der Waals surface area contributed by atoms with Gasteiger partial charge in [0.05, 0.1) is 11.9 Å². The summed E-state index contributed by atoms with van der Waals surface area (Å²) >= 11 is 0. The monoisotopic (exact) mass is 175 g/mol. The van der Waals surface area contributed by atoms with Gasteiger partial charge in [-0.1, -0.05) is 0 Å². The second-order valence-electron chi connectivity index (χ2n) is 3.03. The zero-order valence-electron chi connectivity index (χ0n) is 7.03. The third kappa shape index (κ3) is 1.29. The molecular weight excluding hydrogens is 166 g/mol. The molecule has 2 heterocycles. The number of aromatic nitrogens is 2. The SMILES string of the molecule is C#CC1CC(=O)N(c2cn[nH]c2)C1. The maximum Gasteiger partial charge on any atom is 0.228 e. The predicted molar refractivity (Wildman–Crippen MR) is 47.9 cm³/mol. The number of nitrogens with zero attached hydrogens (tertiary/aromatic N) is 2. The van der Waals surface area contributed by atoms with Crippen LogP contribution in [0.15, 0.2) is 12.4 Å². The van der Waals surface area contributed by atoms with Crippen LogP contribution in [0, 0.1) is 18.3 Å². The number of terminal acetylenes is 1. The summed E-state index contributed by atoms with van der Waals surface area (Å²) in [6, 6.07) is 0. The molecule has 0 aromatic carbocycles. The van der Waals surface area contributed by atoms with Gasteiger partial charge in [-0.15, -0.1) is 12.3 Å². The highest BCUT2D eigenvalue weighted by molar-refractivity contribution is 5.95. The predicted octanol–water partition coefficient (Wildman–Crippen LogP) is 0.396. The van der Waals surface area contributed by atoms with Gasteiger partial charge in [-0.25, -0.2) is 0 Å². The molecule has 1 saturated heterocycles. The maximum atomic E-state index is 11.4. The Morgan fingerprint density at radius 3 is 3.15 bits per heavy atom. The minimum Gasteiger partial charge on any atom is -0.308 e. The van der Waals surface area contributed by atoms with Crippen molar-refractivity contribution in [3.05, 3.63) is 12.4 Å². The molecule has 0 aliphatic carbocycles. The summed E-state index contributed by atoms with van der Waals surface area (Å²) in [7, 11) is 0. The molecule has 13 heavy (non-hydrogen) atoms. The van der Waals surface area contributed by atoms with Crippen LogP contribution in [0.5, 0.6) is 0 Å². The number of carbonyl (C=O) groups excluding carboxylic acids is 1. The van der Waals surface area contributed by atoms with Crippen molar-refractivity contribution >= 4 is 11.6 Å². The van der Waals surface area contributed by atoms with Crippen LogP contribution in [0.4, 0.5) is 5.69 Å². The van der Waals surface area contributed by atoms with E-state index in [0.717, 1.165) is 5.69 Å². The van der Waals surface area contributed by atoms with Gasteiger partial charge in [0.25, 0.3) is 0 Å². The number of nitrogens with one attached hydrogen (secondary N) is 1. The second-order valence-corrected chi connectivity index (χ2v) is 3.03. The van der Waals surface area contributed by atoms with E-state index < -0.39 is 0 Å². The summed E-state index contributed by atoms with van der Waals surface area (Å²) in [4.78, 5) is 13.1. The quantitative estimate of drug-likeness (QED) is 0.628. The Morgan fingerprint density at radius 1 is 1.77 bits per heavy atom. The Hall–Kier alpha value is -1.76. The summed E-state index contributed by atoms with van der Waals surface area (Å²) in [6.07, 6.45) is 9.02. The molecule has 66 valence electrons. The van der Waals surface area contributed by atoms with Crippen LogP contribution in [0.1, 0.15) is 6.42 Å². The van der Waals surface area contributed by atoms with Crippen molar-refractivity contribution in [3.8, 4) is 12.3 Å². The van der Waals surface area contributed by atoms with Gasteiger partial charge in [0.15, 0.2) is 0 Å². The largest absolute Gasteiger partial charge is 0.308 e. The molecule has 1 fully saturated rings. The summed E-state index contributed by atoms with van der Waals surface area (Å²) < 4.78 is 0. The molecule has 1 unspecified atom stereocenters. The fourth-order valence-electron chi connectivity index (χ4n) is 1.46. The molecule has 4 heteroatoms. The van der Waals surface area contributed by atoms with Gasteiger partial charge >= 0.3 is 0 Å². The average molecular weight is 175 g/mol. The van der Waals surface area contributed by atoms with Gasteiger partial charge < -0.3 is 4.90 Å². The highest BCUT2D eigenvalue weighted by Gasteiger charge is 2.29. The van der Waals surface area contributed by atoms with E-state index in [-0.39, 0.29) is 11.8 Å². The number of hydrogen-bond acceptors (Lipinski definition) is 2. The standard InChI is InChI=1S/C9H9N3O/c1-2-7-3-9(13)12(6-7)8-4-10-11-5-8/h1,4-5,7H,3,6H2,(H,10,11). The first kappa shape index (κ1) is 7.87. The van der Waals surface area contributed by atoms with Gasteiger partial charge in [-0.2, -0.15) is 5.10 Å². The zero-order chi connectivity index (χ0) is 9.26. The molecule has 0 radical (unpaired) electrons. The molecule has 1 aromatic heterocycles. The number of anilines is 1. The number of hydrogen-bond donors (Lipinski definition) is 1. The van der Waals surface area contributed by atoms with Crippen LogP contribution < -0.4 is 4.90 Å². The van der Waals surface area contributed by atoms with Crippen molar-refractivity contribution in [1.82, 2.24) is 10.2 Å². The Labute approximate surface area is 75.9 Å². The van der Waals surface area contributed by atoms with Crippen molar-refractivity contribution in [2.24, 2.45) is 5.92 Å². The summed E-state index contributed by atoms with van der Waals surface area (Å²) in [6.45, 7) is 0.606. The van der Waals surface area contributed by atoms with E-state index in [1.54, 1.807) is 17.3 Å². The minimum atomic E-state index is 0.0439. The van der Waals surface area contributed by atoms with Crippen LogP contribution in [0.2, 0.25) is 0 Å². The molecular formula is C9H9N3O. The number of carbonyl (C=O) groups is 1. The highest BCUT2D eigenvalue weighted by Crippen LogP contribution is 2.22. The Kier molecular flexibility index (Phi) is 1.78. The van der Waals surface area contributed by atoms with Crippen LogP contribution in [0.25, 0.3) is 0 Å². The van der Waals surface area contributed by atoms with Crippen LogP contribution in [-0.4, -0.2) is 22.6 Å². The number of aromatic amines is 1. The van der Waals surface area contributed by atoms with Crippen molar-refractivity contribution in [3.63, 3.8) is 0 Å². The Balaban J connectivity index is 2.19. The fourth-order valence-corrected chi connectivity index (χ4v) is 1.46. The first-order chi connectivity index (χ1) is 6.31. The third-order valence-corrected chi connectivity index (χ3v) is 2.16. The summed E-state index contributed by atoms with van der Waals surface area (Å²) in [5, 5.41) is 6.45. The first-order valence-electron chi connectivity index (χ1n) is 4.06. The smallest absolute Gasteiger partial charge is 0.228 e. The minimum absolute atomic E-state index is 0.0439. The van der Waals surface area contributed by atoms with Crippen molar-refractivity contribution in [1.29, 1.82) is 0 Å². The van der Waals surface area contributed by atoms with E-state index >= 15 is 0 Å². The molecule has 1 aromatic rings. The molecule has 1 amide bonds. The second kappa shape index (κ2) is 2.94. The van der Waals surface area contributed by atoms with E-state index in [2.05, 4.69) is 16.1 Å². The number of amides is 1.